The fraction of sp³-hybridized carbons (Fsp3) is 0.375. The molecular formula is C8H11N3O3S. The molecule has 0 amide bonds. The van der Waals surface area contributed by atoms with Crippen LogP contribution in [0.4, 0.5) is 5.13 Å². The third-order valence-corrected chi connectivity index (χ3v) is 2.24. The molecule has 82 valence electrons. The number of anilines is 1. The monoisotopic (exact) mass is 229 g/mol. The number of nitrogens with zero attached hydrogens (tertiary/aromatic N) is 2. The van der Waals surface area contributed by atoms with Crippen LogP contribution in [0.15, 0.2) is 11.4 Å². The lowest BCUT2D eigenvalue weighted by Crippen LogP contribution is -2.18. The van der Waals surface area contributed by atoms with Crippen molar-refractivity contribution in [2.75, 3.05) is 19.5 Å². The van der Waals surface area contributed by atoms with Crippen LogP contribution in [0.2, 0.25) is 0 Å². The van der Waals surface area contributed by atoms with Gasteiger partial charge in [-0.05, 0) is 6.92 Å². The summed E-state index contributed by atoms with van der Waals surface area (Å²) in [5.41, 5.74) is 5.52. The van der Waals surface area contributed by atoms with E-state index in [-0.39, 0.29) is 12.3 Å². The molecule has 0 saturated heterocycles. The van der Waals surface area contributed by atoms with Gasteiger partial charge < -0.3 is 15.3 Å². The standard InChI is InChI=1S/C8H11N3O3S/c1-3-14-7(12)6(11-13-2)5-4-10-8(9)15-5/h4H,3H2,1-2H3,(H2,9,10). The molecule has 0 bridgehead atoms. The van der Waals surface area contributed by atoms with E-state index in [4.69, 9.17) is 10.5 Å². The minimum Gasteiger partial charge on any atom is -0.461 e. The molecule has 1 rings (SSSR count). The van der Waals surface area contributed by atoms with Crippen molar-refractivity contribution in [3.63, 3.8) is 0 Å². The van der Waals surface area contributed by atoms with Gasteiger partial charge in [-0.25, -0.2) is 9.78 Å². The number of aromatic nitrogens is 1. The molecule has 1 aromatic heterocycles. The molecule has 1 aromatic rings. The van der Waals surface area contributed by atoms with Crippen molar-refractivity contribution in [3.05, 3.63) is 11.1 Å². The second-order valence-electron chi connectivity index (χ2n) is 2.41. The van der Waals surface area contributed by atoms with Crippen LogP contribution < -0.4 is 5.73 Å². The number of esters is 1. The molecule has 0 aromatic carbocycles. The van der Waals surface area contributed by atoms with Crippen molar-refractivity contribution >= 4 is 28.1 Å². The van der Waals surface area contributed by atoms with Crippen molar-refractivity contribution in [3.8, 4) is 0 Å². The van der Waals surface area contributed by atoms with Crippen LogP contribution in [0.25, 0.3) is 0 Å². The van der Waals surface area contributed by atoms with Gasteiger partial charge in [0.2, 0.25) is 5.71 Å². The molecule has 0 fully saturated rings. The van der Waals surface area contributed by atoms with Crippen molar-refractivity contribution in [2.24, 2.45) is 5.16 Å². The summed E-state index contributed by atoms with van der Waals surface area (Å²) in [6.45, 7) is 1.99. The Labute approximate surface area is 90.7 Å². The quantitative estimate of drug-likeness (QED) is 0.465. The first-order valence-electron chi connectivity index (χ1n) is 4.19. The van der Waals surface area contributed by atoms with E-state index < -0.39 is 5.97 Å². The topological polar surface area (TPSA) is 86.8 Å². The summed E-state index contributed by atoms with van der Waals surface area (Å²) in [6, 6.07) is 0. The number of hydrogen-bond acceptors (Lipinski definition) is 7. The maximum atomic E-state index is 11.4. The van der Waals surface area contributed by atoms with Crippen LogP contribution in [0, 0.1) is 0 Å². The smallest absolute Gasteiger partial charge is 0.361 e. The van der Waals surface area contributed by atoms with Gasteiger partial charge in [0.1, 0.15) is 7.11 Å². The van der Waals surface area contributed by atoms with E-state index in [1.54, 1.807) is 6.92 Å². The number of carbonyl (C=O) groups excluding carboxylic acids is 1. The minimum atomic E-state index is -0.553. The normalized spacial score (nSPS) is 11.2. The largest absolute Gasteiger partial charge is 0.461 e. The minimum absolute atomic E-state index is 0.0774. The Bertz CT molecular complexity index is 375. The van der Waals surface area contributed by atoms with Gasteiger partial charge in [-0.15, -0.1) is 0 Å². The Morgan fingerprint density at radius 3 is 2.93 bits per heavy atom. The number of nitrogens with two attached hydrogens (primary N) is 1. The van der Waals surface area contributed by atoms with Crippen LogP contribution in [0.5, 0.6) is 0 Å². The Kier molecular flexibility index (Phi) is 4.04. The second kappa shape index (κ2) is 5.30. The lowest BCUT2D eigenvalue weighted by Gasteiger charge is -2.01. The maximum absolute atomic E-state index is 11.4. The Morgan fingerprint density at radius 1 is 1.73 bits per heavy atom. The predicted molar refractivity (Wildman–Crippen MR) is 56.7 cm³/mol. The average molecular weight is 229 g/mol. The van der Waals surface area contributed by atoms with Gasteiger partial charge in [0.15, 0.2) is 5.13 Å². The molecule has 0 aliphatic heterocycles. The molecule has 0 aliphatic rings. The summed E-state index contributed by atoms with van der Waals surface area (Å²) in [5.74, 6) is -0.553. The number of oxime groups is 1. The Balaban J connectivity index is 2.93. The second-order valence-corrected chi connectivity index (χ2v) is 3.47. The molecule has 0 unspecified atom stereocenters. The number of ether oxygens (including phenoxy) is 1. The fourth-order valence-corrected chi connectivity index (χ4v) is 1.52. The molecule has 6 nitrogen and oxygen atoms in total. The maximum Gasteiger partial charge on any atom is 0.361 e. The van der Waals surface area contributed by atoms with Crippen LogP contribution in [-0.4, -0.2) is 30.4 Å². The van der Waals surface area contributed by atoms with Crippen LogP contribution >= 0.6 is 11.3 Å². The van der Waals surface area contributed by atoms with Gasteiger partial charge in [0.05, 0.1) is 17.7 Å². The van der Waals surface area contributed by atoms with Crippen molar-refractivity contribution in [2.45, 2.75) is 6.92 Å². The van der Waals surface area contributed by atoms with Crippen LogP contribution in [0.3, 0.4) is 0 Å². The fourth-order valence-electron chi connectivity index (χ4n) is 0.871. The highest BCUT2D eigenvalue weighted by molar-refractivity contribution is 7.18. The molecule has 15 heavy (non-hydrogen) atoms. The summed E-state index contributed by atoms with van der Waals surface area (Å²) in [5, 5.41) is 3.94. The molecule has 7 heteroatoms. The average Bonchev–Trinajstić information content (AvgIpc) is 2.61. The van der Waals surface area contributed by atoms with Gasteiger partial charge in [0, 0.05) is 0 Å². The van der Waals surface area contributed by atoms with Crippen molar-refractivity contribution in [1.82, 2.24) is 4.98 Å². The first-order valence-corrected chi connectivity index (χ1v) is 5.00. The summed E-state index contributed by atoms with van der Waals surface area (Å²) in [6.07, 6.45) is 1.45. The van der Waals surface area contributed by atoms with Crippen LogP contribution in [0.1, 0.15) is 11.8 Å². The molecule has 0 aliphatic carbocycles. The van der Waals surface area contributed by atoms with E-state index in [2.05, 4.69) is 15.0 Å². The zero-order chi connectivity index (χ0) is 11.3. The van der Waals surface area contributed by atoms with Gasteiger partial charge >= 0.3 is 5.97 Å². The summed E-state index contributed by atoms with van der Waals surface area (Å²) in [7, 11) is 1.35. The van der Waals surface area contributed by atoms with Gasteiger partial charge in [-0.3, -0.25) is 0 Å². The lowest BCUT2D eigenvalue weighted by molar-refractivity contribution is -0.135. The number of rotatable bonds is 4. The summed E-state index contributed by atoms with van der Waals surface area (Å²) in [4.78, 5) is 20.3. The van der Waals surface area contributed by atoms with Crippen LogP contribution in [-0.2, 0) is 14.4 Å². The highest BCUT2D eigenvalue weighted by Crippen LogP contribution is 2.16. The van der Waals surface area contributed by atoms with Gasteiger partial charge in [-0.1, -0.05) is 16.5 Å². The Morgan fingerprint density at radius 2 is 2.47 bits per heavy atom. The first-order chi connectivity index (χ1) is 7.19. The molecular weight excluding hydrogens is 218 g/mol. The number of thiazole rings is 1. The molecule has 0 spiro atoms. The molecule has 1 heterocycles. The van der Waals surface area contributed by atoms with Crippen molar-refractivity contribution in [1.29, 1.82) is 0 Å². The van der Waals surface area contributed by atoms with Crippen molar-refractivity contribution < 1.29 is 14.4 Å². The molecule has 0 radical (unpaired) electrons. The molecule has 0 atom stereocenters. The Hall–Kier alpha value is -1.63. The number of hydrogen-bond donors (Lipinski definition) is 1. The third-order valence-electron chi connectivity index (χ3n) is 1.41. The first kappa shape index (κ1) is 11.4. The van der Waals surface area contributed by atoms with E-state index in [1.165, 1.54) is 13.3 Å². The molecule has 2 N–H and O–H groups in total. The van der Waals surface area contributed by atoms with E-state index >= 15 is 0 Å². The number of carbonyl (C=O) groups is 1. The lowest BCUT2D eigenvalue weighted by atomic mass is 10.3. The van der Waals surface area contributed by atoms with Gasteiger partial charge in [-0.2, -0.15) is 0 Å². The van der Waals surface area contributed by atoms with E-state index in [0.29, 0.717) is 10.0 Å². The van der Waals surface area contributed by atoms with E-state index in [1.807, 2.05) is 0 Å². The van der Waals surface area contributed by atoms with E-state index in [0.717, 1.165) is 11.3 Å². The summed E-state index contributed by atoms with van der Waals surface area (Å²) >= 11 is 1.15. The summed E-state index contributed by atoms with van der Waals surface area (Å²) < 4.78 is 4.81. The zero-order valence-corrected chi connectivity index (χ0v) is 9.21. The van der Waals surface area contributed by atoms with E-state index in [9.17, 15) is 4.79 Å². The third kappa shape index (κ3) is 2.91. The molecule has 0 saturated carbocycles. The highest BCUT2D eigenvalue weighted by atomic mass is 32.1. The predicted octanol–water partition coefficient (Wildman–Crippen LogP) is 0.639. The SMILES string of the molecule is CCOC(=O)C(=NOC)c1cnc(N)s1. The van der Waals surface area contributed by atoms with Gasteiger partial charge in [0.25, 0.3) is 0 Å². The highest BCUT2D eigenvalue weighted by Gasteiger charge is 2.18. The number of nitrogen functional groups attached to an aromatic ring is 1. The zero-order valence-electron chi connectivity index (χ0n) is 8.39.